The van der Waals surface area contributed by atoms with E-state index in [1.807, 2.05) is 35.2 Å². The predicted molar refractivity (Wildman–Crippen MR) is 92.7 cm³/mol. The van der Waals surface area contributed by atoms with Crippen LogP contribution in [0.5, 0.6) is 0 Å². The topological polar surface area (TPSA) is 20.3 Å². The molecule has 0 saturated carbocycles. The molecule has 2 heteroatoms. The van der Waals surface area contributed by atoms with Gasteiger partial charge in [0.05, 0.1) is 5.69 Å². The first-order valence-electron chi connectivity index (χ1n) is 7.76. The van der Waals surface area contributed by atoms with Crippen molar-refractivity contribution in [2.24, 2.45) is 5.92 Å². The number of nitrogens with zero attached hydrogens (tertiary/aromatic N) is 1. The number of carbonyl (C=O) groups excluding carboxylic acids is 1. The van der Waals surface area contributed by atoms with Gasteiger partial charge in [-0.25, -0.2) is 0 Å². The highest BCUT2D eigenvalue weighted by atomic mass is 16.2. The molecule has 0 unspecified atom stereocenters. The SMILES string of the molecule is Cc1ccc(/C=C2\C(=O)N(CC(C)C)c3ccccc32)cc1. The van der Waals surface area contributed by atoms with E-state index in [9.17, 15) is 4.79 Å². The largest absolute Gasteiger partial charge is 0.307 e. The summed E-state index contributed by atoms with van der Waals surface area (Å²) in [5, 5.41) is 0. The summed E-state index contributed by atoms with van der Waals surface area (Å²) >= 11 is 0. The number of hydrogen-bond acceptors (Lipinski definition) is 1. The molecule has 0 atom stereocenters. The fourth-order valence-electron chi connectivity index (χ4n) is 2.82. The number of rotatable bonds is 3. The van der Waals surface area contributed by atoms with Crippen LogP contribution in [-0.2, 0) is 4.79 Å². The lowest BCUT2D eigenvalue weighted by molar-refractivity contribution is -0.113. The third-order valence-corrected chi connectivity index (χ3v) is 3.90. The molecule has 2 aromatic rings. The van der Waals surface area contributed by atoms with Gasteiger partial charge in [-0.3, -0.25) is 4.79 Å². The van der Waals surface area contributed by atoms with E-state index in [1.165, 1.54) is 5.56 Å². The van der Waals surface area contributed by atoms with Crippen LogP contribution < -0.4 is 4.90 Å². The van der Waals surface area contributed by atoms with Crippen LogP contribution in [0.4, 0.5) is 5.69 Å². The van der Waals surface area contributed by atoms with E-state index in [4.69, 9.17) is 0 Å². The van der Waals surface area contributed by atoms with Gasteiger partial charge in [0.1, 0.15) is 0 Å². The Hall–Kier alpha value is -2.35. The first-order valence-corrected chi connectivity index (χ1v) is 7.76. The molecular formula is C20H21NO. The van der Waals surface area contributed by atoms with E-state index in [2.05, 4.69) is 45.0 Å². The van der Waals surface area contributed by atoms with E-state index >= 15 is 0 Å². The van der Waals surface area contributed by atoms with Crippen LogP contribution in [0, 0.1) is 12.8 Å². The average molecular weight is 291 g/mol. The van der Waals surface area contributed by atoms with Crippen molar-refractivity contribution in [3.63, 3.8) is 0 Å². The summed E-state index contributed by atoms with van der Waals surface area (Å²) in [6.45, 7) is 7.09. The maximum atomic E-state index is 12.8. The lowest BCUT2D eigenvalue weighted by Crippen LogP contribution is -2.30. The van der Waals surface area contributed by atoms with Gasteiger partial charge in [-0.05, 0) is 30.5 Å². The third-order valence-electron chi connectivity index (χ3n) is 3.90. The number of carbonyl (C=O) groups is 1. The van der Waals surface area contributed by atoms with E-state index in [0.29, 0.717) is 5.92 Å². The van der Waals surface area contributed by atoms with Crippen LogP contribution in [0.3, 0.4) is 0 Å². The first-order chi connectivity index (χ1) is 10.6. The zero-order valence-electron chi connectivity index (χ0n) is 13.3. The van der Waals surface area contributed by atoms with Gasteiger partial charge in [-0.2, -0.15) is 0 Å². The van der Waals surface area contributed by atoms with E-state index < -0.39 is 0 Å². The standard InChI is InChI=1S/C20H21NO/c1-14(2)13-21-19-7-5-4-6-17(19)18(20(21)22)12-16-10-8-15(3)9-11-16/h4-12,14H,13H2,1-3H3/b18-12-. The van der Waals surface area contributed by atoms with Crippen molar-refractivity contribution < 1.29 is 4.79 Å². The van der Waals surface area contributed by atoms with Crippen LogP contribution in [0.25, 0.3) is 11.6 Å². The first kappa shape index (κ1) is 14.6. The molecule has 0 spiro atoms. The molecule has 0 aromatic heterocycles. The summed E-state index contributed by atoms with van der Waals surface area (Å²) in [5.74, 6) is 0.547. The molecule has 2 nitrogen and oxygen atoms in total. The van der Waals surface area contributed by atoms with E-state index in [1.54, 1.807) is 0 Å². The molecule has 0 N–H and O–H groups in total. The number of anilines is 1. The van der Waals surface area contributed by atoms with Crippen LogP contribution in [0.2, 0.25) is 0 Å². The minimum Gasteiger partial charge on any atom is -0.307 e. The summed E-state index contributed by atoms with van der Waals surface area (Å²) in [6, 6.07) is 16.3. The lowest BCUT2D eigenvalue weighted by Gasteiger charge is -2.19. The smallest absolute Gasteiger partial charge is 0.259 e. The molecule has 0 radical (unpaired) electrons. The van der Waals surface area contributed by atoms with Crippen molar-refractivity contribution in [3.05, 3.63) is 65.2 Å². The molecule has 1 aliphatic heterocycles. The summed E-state index contributed by atoms with van der Waals surface area (Å²) < 4.78 is 0. The molecule has 0 fully saturated rings. The van der Waals surface area contributed by atoms with E-state index in [0.717, 1.165) is 28.9 Å². The fourth-order valence-corrected chi connectivity index (χ4v) is 2.82. The van der Waals surface area contributed by atoms with Gasteiger partial charge < -0.3 is 4.90 Å². The van der Waals surface area contributed by atoms with Crippen LogP contribution in [-0.4, -0.2) is 12.5 Å². The van der Waals surface area contributed by atoms with Crippen LogP contribution >= 0.6 is 0 Å². The van der Waals surface area contributed by atoms with Crippen molar-refractivity contribution in [2.45, 2.75) is 20.8 Å². The molecule has 112 valence electrons. The molecule has 3 rings (SSSR count). The quantitative estimate of drug-likeness (QED) is 0.760. The Kier molecular flexibility index (Phi) is 3.84. The molecule has 22 heavy (non-hydrogen) atoms. The Morgan fingerprint density at radius 3 is 2.41 bits per heavy atom. The number of aryl methyl sites for hydroxylation is 1. The Labute approximate surface area is 132 Å². The summed E-state index contributed by atoms with van der Waals surface area (Å²) in [5.41, 5.74) is 5.14. The molecule has 2 aromatic carbocycles. The predicted octanol–water partition coefficient (Wildman–Crippen LogP) is 4.54. The Morgan fingerprint density at radius 1 is 1.05 bits per heavy atom. The lowest BCUT2D eigenvalue weighted by atomic mass is 10.0. The van der Waals surface area contributed by atoms with Gasteiger partial charge in [0, 0.05) is 17.7 Å². The molecule has 1 heterocycles. The maximum Gasteiger partial charge on any atom is 0.259 e. The maximum absolute atomic E-state index is 12.8. The monoisotopic (exact) mass is 291 g/mol. The minimum absolute atomic E-state index is 0.107. The van der Waals surface area contributed by atoms with Gasteiger partial charge in [0.15, 0.2) is 0 Å². The summed E-state index contributed by atoms with van der Waals surface area (Å²) in [7, 11) is 0. The Bertz CT molecular complexity index is 726. The van der Waals surface area contributed by atoms with Crippen LogP contribution in [0.15, 0.2) is 48.5 Å². The Morgan fingerprint density at radius 2 is 1.73 bits per heavy atom. The number of fused-ring (bicyclic) bond motifs is 1. The van der Waals surface area contributed by atoms with E-state index in [-0.39, 0.29) is 5.91 Å². The van der Waals surface area contributed by atoms with Crippen molar-refractivity contribution in [1.82, 2.24) is 0 Å². The van der Waals surface area contributed by atoms with Gasteiger partial charge >= 0.3 is 0 Å². The molecule has 1 amide bonds. The summed E-state index contributed by atoms with van der Waals surface area (Å²) in [6.07, 6.45) is 2.00. The zero-order valence-corrected chi connectivity index (χ0v) is 13.3. The molecule has 0 bridgehead atoms. The van der Waals surface area contributed by atoms with Gasteiger partial charge in [0.2, 0.25) is 0 Å². The number of benzene rings is 2. The zero-order chi connectivity index (χ0) is 15.7. The van der Waals surface area contributed by atoms with Crippen molar-refractivity contribution >= 4 is 23.2 Å². The van der Waals surface area contributed by atoms with Gasteiger partial charge in [-0.1, -0.05) is 61.9 Å². The third kappa shape index (κ3) is 2.69. The van der Waals surface area contributed by atoms with Crippen LogP contribution in [0.1, 0.15) is 30.5 Å². The van der Waals surface area contributed by atoms with Crippen molar-refractivity contribution in [2.75, 3.05) is 11.4 Å². The second-order valence-corrected chi connectivity index (χ2v) is 6.30. The highest BCUT2D eigenvalue weighted by Gasteiger charge is 2.32. The molecule has 1 aliphatic rings. The molecule has 0 aliphatic carbocycles. The van der Waals surface area contributed by atoms with Gasteiger partial charge in [0.25, 0.3) is 5.91 Å². The minimum atomic E-state index is 0.107. The highest BCUT2D eigenvalue weighted by molar-refractivity contribution is 6.35. The normalized spacial score (nSPS) is 15.7. The number of amides is 1. The average Bonchev–Trinajstić information content (AvgIpc) is 2.75. The molecular weight excluding hydrogens is 270 g/mol. The fraction of sp³-hybridized carbons (Fsp3) is 0.250. The van der Waals surface area contributed by atoms with Gasteiger partial charge in [-0.15, -0.1) is 0 Å². The number of hydrogen-bond donors (Lipinski definition) is 0. The Balaban J connectivity index is 2.05. The van der Waals surface area contributed by atoms with Crippen molar-refractivity contribution in [1.29, 1.82) is 0 Å². The molecule has 0 saturated heterocycles. The second kappa shape index (κ2) is 5.80. The highest BCUT2D eigenvalue weighted by Crippen LogP contribution is 2.37. The summed E-state index contributed by atoms with van der Waals surface area (Å²) in [4.78, 5) is 14.7. The van der Waals surface area contributed by atoms with Crippen molar-refractivity contribution in [3.8, 4) is 0 Å². The second-order valence-electron chi connectivity index (χ2n) is 6.30. The number of para-hydroxylation sites is 1.